The topological polar surface area (TPSA) is 15.3 Å². The number of fused-ring (bicyclic) bond motifs is 1. The van der Waals surface area contributed by atoms with Crippen molar-refractivity contribution in [2.24, 2.45) is 0 Å². The number of hydrogen-bond donors (Lipinski definition) is 1. The van der Waals surface area contributed by atoms with Crippen molar-refractivity contribution in [1.29, 1.82) is 0 Å². The van der Waals surface area contributed by atoms with E-state index >= 15 is 0 Å². The maximum Gasteiger partial charge on any atom is 0.147 e. The molecule has 0 amide bonds. The van der Waals surface area contributed by atoms with Crippen molar-refractivity contribution in [3.63, 3.8) is 0 Å². The summed E-state index contributed by atoms with van der Waals surface area (Å²) in [6.45, 7) is 1.67. The van der Waals surface area contributed by atoms with Crippen molar-refractivity contribution in [3.8, 4) is 0 Å². The molecule has 20 heavy (non-hydrogen) atoms. The summed E-state index contributed by atoms with van der Waals surface area (Å²) in [5.74, 6) is -0.321. The van der Waals surface area contributed by atoms with Gasteiger partial charge in [-0.25, -0.2) is 4.39 Å². The van der Waals surface area contributed by atoms with Gasteiger partial charge in [-0.3, -0.25) is 0 Å². The van der Waals surface area contributed by atoms with Gasteiger partial charge in [0.05, 0.1) is 5.69 Å². The Morgan fingerprint density at radius 1 is 1.25 bits per heavy atom. The summed E-state index contributed by atoms with van der Waals surface area (Å²) >= 11 is 5.74. The summed E-state index contributed by atoms with van der Waals surface area (Å²) in [6.07, 6.45) is 1.08. The lowest BCUT2D eigenvalue weighted by molar-refractivity contribution is 0.630. The van der Waals surface area contributed by atoms with Crippen molar-refractivity contribution in [3.05, 3.63) is 58.4 Å². The fourth-order valence-corrected chi connectivity index (χ4v) is 2.72. The maximum atomic E-state index is 13.7. The Morgan fingerprint density at radius 2 is 2.10 bits per heavy atom. The SMILES string of the molecule is CN1CCc2cc(CNc3ccc(Cl)cc3F)ccc21. The lowest BCUT2D eigenvalue weighted by Crippen LogP contribution is -2.12. The van der Waals surface area contributed by atoms with Gasteiger partial charge in [-0.05, 0) is 41.8 Å². The zero-order chi connectivity index (χ0) is 14.1. The fourth-order valence-electron chi connectivity index (χ4n) is 2.56. The van der Waals surface area contributed by atoms with Gasteiger partial charge in [0.2, 0.25) is 0 Å². The molecule has 2 nitrogen and oxygen atoms in total. The van der Waals surface area contributed by atoms with E-state index in [-0.39, 0.29) is 5.82 Å². The normalized spacial score (nSPS) is 13.4. The zero-order valence-electron chi connectivity index (χ0n) is 11.3. The van der Waals surface area contributed by atoms with Gasteiger partial charge in [0, 0.05) is 30.8 Å². The molecule has 0 saturated heterocycles. The molecule has 0 saturated carbocycles. The molecule has 4 heteroatoms. The molecule has 1 heterocycles. The maximum absolute atomic E-state index is 13.7. The molecule has 0 atom stereocenters. The van der Waals surface area contributed by atoms with Gasteiger partial charge in [-0.1, -0.05) is 23.7 Å². The Morgan fingerprint density at radius 3 is 2.90 bits per heavy atom. The van der Waals surface area contributed by atoms with E-state index in [1.165, 1.54) is 17.3 Å². The minimum Gasteiger partial charge on any atom is -0.379 e. The largest absolute Gasteiger partial charge is 0.379 e. The predicted octanol–water partition coefficient (Wildman–Crippen LogP) is 4.08. The molecule has 2 aromatic rings. The molecular weight excluding hydrogens is 275 g/mol. The van der Waals surface area contributed by atoms with Crippen molar-refractivity contribution >= 4 is 23.0 Å². The van der Waals surface area contributed by atoms with Crippen molar-refractivity contribution in [1.82, 2.24) is 0 Å². The highest BCUT2D eigenvalue weighted by Crippen LogP contribution is 2.28. The van der Waals surface area contributed by atoms with E-state index in [9.17, 15) is 4.39 Å². The molecule has 0 unspecified atom stereocenters. The third-order valence-corrected chi connectivity index (χ3v) is 3.92. The lowest BCUT2D eigenvalue weighted by Gasteiger charge is -2.13. The molecule has 0 spiro atoms. The van der Waals surface area contributed by atoms with E-state index in [0.29, 0.717) is 17.3 Å². The fraction of sp³-hybridized carbons (Fsp3) is 0.250. The summed E-state index contributed by atoms with van der Waals surface area (Å²) in [7, 11) is 2.10. The molecule has 0 fully saturated rings. The standard InChI is InChI=1S/C16H16ClFN2/c1-20-7-6-12-8-11(2-5-16(12)20)10-19-15-4-3-13(17)9-14(15)18/h2-5,8-9,19H,6-7,10H2,1H3. The molecule has 2 aromatic carbocycles. The van der Waals surface area contributed by atoms with E-state index in [4.69, 9.17) is 11.6 Å². The van der Waals surface area contributed by atoms with Crippen LogP contribution in [0.2, 0.25) is 5.02 Å². The molecular formula is C16H16ClFN2. The number of halogens is 2. The van der Waals surface area contributed by atoms with Crippen LogP contribution < -0.4 is 10.2 Å². The third kappa shape index (κ3) is 2.59. The minimum atomic E-state index is -0.321. The van der Waals surface area contributed by atoms with Crippen LogP contribution in [-0.4, -0.2) is 13.6 Å². The third-order valence-electron chi connectivity index (χ3n) is 3.69. The van der Waals surface area contributed by atoms with Crippen LogP contribution in [0.4, 0.5) is 15.8 Å². The van der Waals surface area contributed by atoms with Gasteiger partial charge < -0.3 is 10.2 Å². The van der Waals surface area contributed by atoms with Crippen molar-refractivity contribution < 1.29 is 4.39 Å². The van der Waals surface area contributed by atoms with Crippen LogP contribution in [0.1, 0.15) is 11.1 Å². The highest BCUT2D eigenvalue weighted by molar-refractivity contribution is 6.30. The highest BCUT2D eigenvalue weighted by Gasteiger charge is 2.15. The number of rotatable bonds is 3. The number of benzene rings is 2. The highest BCUT2D eigenvalue weighted by atomic mass is 35.5. The van der Waals surface area contributed by atoms with Crippen LogP contribution in [0.25, 0.3) is 0 Å². The summed E-state index contributed by atoms with van der Waals surface area (Å²) in [5.41, 5.74) is 4.30. The van der Waals surface area contributed by atoms with Crippen molar-refractivity contribution in [2.75, 3.05) is 23.8 Å². The average molecular weight is 291 g/mol. The smallest absolute Gasteiger partial charge is 0.147 e. The van der Waals surface area contributed by atoms with E-state index in [1.807, 2.05) is 0 Å². The molecule has 1 aliphatic rings. The van der Waals surface area contributed by atoms with Gasteiger partial charge in [0.1, 0.15) is 5.82 Å². The molecule has 0 aromatic heterocycles. The van der Waals surface area contributed by atoms with E-state index < -0.39 is 0 Å². The number of nitrogens with zero attached hydrogens (tertiary/aromatic N) is 1. The van der Waals surface area contributed by atoms with Crippen LogP contribution >= 0.6 is 11.6 Å². The summed E-state index contributed by atoms with van der Waals surface area (Å²) in [4.78, 5) is 2.26. The van der Waals surface area contributed by atoms with Crippen molar-refractivity contribution in [2.45, 2.75) is 13.0 Å². The molecule has 1 N–H and O–H groups in total. The van der Waals surface area contributed by atoms with Crippen LogP contribution in [0, 0.1) is 5.82 Å². The number of anilines is 2. The second-order valence-electron chi connectivity index (χ2n) is 5.11. The second-order valence-corrected chi connectivity index (χ2v) is 5.55. The van der Waals surface area contributed by atoms with Gasteiger partial charge in [-0.2, -0.15) is 0 Å². The van der Waals surface area contributed by atoms with Crippen LogP contribution in [0.3, 0.4) is 0 Å². The monoisotopic (exact) mass is 290 g/mol. The summed E-state index contributed by atoms with van der Waals surface area (Å²) < 4.78 is 13.7. The molecule has 3 rings (SSSR count). The molecule has 1 aliphatic heterocycles. The number of likely N-dealkylation sites (N-methyl/N-ethyl adjacent to an activating group) is 1. The Labute approximate surface area is 123 Å². The first-order valence-corrected chi connectivity index (χ1v) is 7.03. The Balaban J connectivity index is 1.73. The van der Waals surface area contributed by atoms with E-state index in [1.54, 1.807) is 12.1 Å². The van der Waals surface area contributed by atoms with Gasteiger partial charge in [-0.15, -0.1) is 0 Å². The molecule has 104 valence electrons. The Bertz CT molecular complexity index is 642. The number of hydrogen-bond acceptors (Lipinski definition) is 2. The van der Waals surface area contributed by atoms with E-state index in [0.717, 1.165) is 18.5 Å². The predicted molar refractivity (Wildman–Crippen MR) is 82.2 cm³/mol. The summed E-state index contributed by atoms with van der Waals surface area (Å²) in [5, 5.41) is 3.52. The van der Waals surface area contributed by atoms with Gasteiger partial charge >= 0.3 is 0 Å². The van der Waals surface area contributed by atoms with Gasteiger partial charge in [0.25, 0.3) is 0 Å². The average Bonchev–Trinajstić information content (AvgIpc) is 2.79. The van der Waals surface area contributed by atoms with E-state index in [2.05, 4.69) is 35.5 Å². The minimum absolute atomic E-state index is 0.321. The first-order valence-electron chi connectivity index (χ1n) is 6.65. The van der Waals surface area contributed by atoms with Crippen LogP contribution in [-0.2, 0) is 13.0 Å². The first kappa shape index (κ1) is 13.3. The number of nitrogens with one attached hydrogen (secondary N) is 1. The lowest BCUT2D eigenvalue weighted by atomic mass is 10.1. The quantitative estimate of drug-likeness (QED) is 0.916. The zero-order valence-corrected chi connectivity index (χ0v) is 12.0. The molecule has 0 radical (unpaired) electrons. The first-order chi connectivity index (χ1) is 9.63. The summed E-state index contributed by atoms with van der Waals surface area (Å²) in [6, 6.07) is 11.1. The second kappa shape index (κ2) is 5.33. The van der Waals surface area contributed by atoms with Crippen LogP contribution in [0.15, 0.2) is 36.4 Å². The Hall–Kier alpha value is -1.74. The molecule has 0 bridgehead atoms. The van der Waals surface area contributed by atoms with Gasteiger partial charge in [0.15, 0.2) is 0 Å². The molecule has 0 aliphatic carbocycles. The van der Waals surface area contributed by atoms with Crippen LogP contribution in [0.5, 0.6) is 0 Å². The Kier molecular flexibility index (Phi) is 3.53.